The summed E-state index contributed by atoms with van der Waals surface area (Å²) >= 11 is 2.08. The first-order chi connectivity index (χ1) is 5.11. The predicted molar refractivity (Wildman–Crippen MR) is 53.7 cm³/mol. The van der Waals surface area contributed by atoms with Crippen molar-refractivity contribution in [2.45, 2.75) is 6.92 Å². The van der Waals surface area contributed by atoms with Crippen LogP contribution in [0.1, 0.15) is 5.56 Å². The molecular formula is C7H8BIO2. The van der Waals surface area contributed by atoms with Crippen LogP contribution in [0.2, 0.25) is 0 Å². The lowest BCUT2D eigenvalue weighted by molar-refractivity contribution is 0.425. The van der Waals surface area contributed by atoms with Gasteiger partial charge in [-0.3, -0.25) is 0 Å². The van der Waals surface area contributed by atoms with Crippen LogP contribution in [0.4, 0.5) is 0 Å². The number of hydrogen-bond donors (Lipinski definition) is 2. The Bertz CT molecular complexity index is 263. The van der Waals surface area contributed by atoms with E-state index in [9.17, 15) is 0 Å². The van der Waals surface area contributed by atoms with E-state index in [0.29, 0.717) is 5.46 Å². The lowest BCUT2D eigenvalue weighted by Crippen LogP contribution is -2.32. The number of hydrogen-bond acceptors (Lipinski definition) is 2. The van der Waals surface area contributed by atoms with E-state index < -0.39 is 7.12 Å². The van der Waals surface area contributed by atoms with Crippen LogP contribution in [0.25, 0.3) is 0 Å². The lowest BCUT2D eigenvalue weighted by atomic mass is 9.80. The first-order valence-corrected chi connectivity index (χ1v) is 4.31. The third-order valence-electron chi connectivity index (χ3n) is 1.43. The molecule has 2 nitrogen and oxygen atoms in total. The van der Waals surface area contributed by atoms with E-state index in [1.165, 1.54) is 0 Å². The Hall–Kier alpha value is -0.0651. The Morgan fingerprint density at radius 2 is 2.00 bits per heavy atom. The highest BCUT2D eigenvalue weighted by molar-refractivity contribution is 14.1. The number of benzene rings is 1. The quantitative estimate of drug-likeness (QED) is 0.563. The summed E-state index contributed by atoms with van der Waals surface area (Å²) in [5.74, 6) is 0. The zero-order valence-corrected chi connectivity index (χ0v) is 8.24. The fraction of sp³-hybridized carbons (Fsp3) is 0.143. The van der Waals surface area contributed by atoms with Gasteiger partial charge in [0.05, 0.1) is 0 Å². The van der Waals surface area contributed by atoms with Crippen LogP contribution in [0.15, 0.2) is 18.2 Å². The van der Waals surface area contributed by atoms with Crippen LogP contribution in [0.3, 0.4) is 0 Å². The monoisotopic (exact) mass is 262 g/mol. The molecule has 0 radical (unpaired) electrons. The molecule has 1 aromatic carbocycles. The van der Waals surface area contributed by atoms with Crippen molar-refractivity contribution in [1.82, 2.24) is 0 Å². The van der Waals surface area contributed by atoms with Crippen LogP contribution < -0.4 is 5.46 Å². The minimum Gasteiger partial charge on any atom is -0.423 e. The molecule has 0 aliphatic rings. The highest BCUT2D eigenvalue weighted by atomic mass is 127. The summed E-state index contributed by atoms with van der Waals surface area (Å²) in [6.07, 6.45) is 0. The minimum absolute atomic E-state index is 0.566. The molecule has 0 aliphatic heterocycles. The molecule has 0 aliphatic carbocycles. The molecule has 0 heterocycles. The Morgan fingerprint density at radius 3 is 2.45 bits per heavy atom. The van der Waals surface area contributed by atoms with Gasteiger partial charge in [0.15, 0.2) is 0 Å². The Morgan fingerprint density at radius 1 is 1.36 bits per heavy atom. The molecular weight excluding hydrogens is 254 g/mol. The molecule has 0 spiro atoms. The van der Waals surface area contributed by atoms with E-state index in [4.69, 9.17) is 10.0 Å². The van der Waals surface area contributed by atoms with Gasteiger partial charge in [0, 0.05) is 3.57 Å². The number of aryl methyl sites for hydroxylation is 1. The maximum atomic E-state index is 8.85. The van der Waals surface area contributed by atoms with Crippen LogP contribution in [-0.2, 0) is 0 Å². The molecule has 1 aromatic rings. The maximum Gasteiger partial charge on any atom is 0.489 e. The van der Waals surface area contributed by atoms with Crippen LogP contribution >= 0.6 is 22.6 Å². The van der Waals surface area contributed by atoms with Crippen molar-refractivity contribution in [2.24, 2.45) is 0 Å². The first-order valence-electron chi connectivity index (χ1n) is 3.23. The SMILES string of the molecule is Cc1ccc(B(O)O)c(I)c1. The van der Waals surface area contributed by atoms with E-state index in [2.05, 4.69) is 22.6 Å². The molecule has 0 fully saturated rings. The molecule has 0 saturated heterocycles. The summed E-state index contributed by atoms with van der Waals surface area (Å²) in [4.78, 5) is 0. The molecule has 0 atom stereocenters. The summed E-state index contributed by atoms with van der Waals surface area (Å²) < 4.78 is 0.887. The summed E-state index contributed by atoms with van der Waals surface area (Å²) in [6, 6.07) is 5.49. The van der Waals surface area contributed by atoms with E-state index >= 15 is 0 Å². The summed E-state index contributed by atoms with van der Waals surface area (Å²) in [6.45, 7) is 1.97. The van der Waals surface area contributed by atoms with Gasteiger partial charge in [-0.2, -0.15) is 0 Å². The summed E-state index contributed by atoms with van der Waals surface area (Å²) in [7, 11) is -1.36. The van der Waals surface area contributed by atoms with Gasteiger partial charge in [-0.15, -0.1) is 0 Å². The van der Waals surface area contributed by atoms with Gasteiger partial charge < -0.3 is 10.0 Å². The number of rotatable bonds is 1. The standard InChI is InChI=1S/C7H8BIO2/c1-5-2-3-6(8(10)11)7(9)4-5/h2-4,10-11H,1H3. The fourth-order valence-electron chi connectivity index (χ4n) is 0.842. The van der Waals surface area contributed by atoms with E-state index in [-0.39, 0.29) is 0 Å². The van der Waals surface area contributed by atoms with Crippen molar-refractivity contribution in [2.75, 3.05) is 0 Å². The van der Waals surface area contributed by atoms with Gasteiger partial charge >= 0.3 is 7.12 Å². The fourth-order valence-corrected chi connectivity index (χ4v) is 1.79. The third kappa shape index (κ3) is 2.18. The van der Waals surface area contributed by atoms with Crippen molar-refractivity contribution in [3.8, 4) is 0 Å². The van der Waals surface area contributed by atoms with Crippen molar-refractivity contribution >= 4 is 35.2 Å². The third-order valence-corrected chi connectivity index (χ3v) is 2.37. The first kappa shape index (κ1) is 9.03. The van der Waals surface area contributed by atoms with Gasteiger partial charge in [-0.05, 0) is 41.0 Å². The number of halogens is 1. The Balaban J connectivity index is 3.09. The van der Waals surface area contributed by atoms with Gasteiger partial charge in [-0.1, -0.05) is 17.7 Å². The van der Waals surface area contributed by atoms with Crippen molar-refractivity contribution in [1.29, 1.82) is 0 Å². The average Bonchev–Trinajstić information content (AvgIpc) is 1.85. The largest absolute Gasteiger partial charge is 0.489 e. The second-order valence-electron chi connectivity index (χ2n) is 2.40. The molecule has 4 heteroatoms. The second-order valence-corrected chi connectivity index (χ2v) is 3.56. The molecule has 2 N–H and O–H groups in total. The van der Waals surface area contributed by atoms with E-state index in [0.717, 1.165) is 9.13 Å². The zero-order chi connectivity index (χ0) is 8.43. The average molecular weight is 262 g/mol. The van der Waals surface area contributed by atoms with Gasteiger partial charge in [0.2, 0.25) is 0 Å². The molecule has 0 aromatic heterocycles. The van der Waals surface area contributed by atoms with Crippen LogP contribution in [0, 0.1) is 10.5 Å². The zero-order valence-electron chi connectivity index (χ0n) is 6.08. The highest BCUT2D eigenvalue weighted by Gasteiger charge is 2.13. The van der Waals surface area contributed by atoms with Gasteiger partial charge in [-0.25, -0.2) is 0 Å². The van der Waals surface area contributed by atoms with Crippen LogP contribution in [0.5, 0.6) is 0 Å². The molecule has 0 amide bonds. The minimum atomic E-state index is -1.36. The van der Waals surface area contributed by atoms with Crippen molar-refractivity contribution in [3.63, 3.8) is 0 Å². The van der Waals surface area contributed by atoms with Crippen molar-refractivity contribution in [3.05, 3.63) is 27.3 Å². The van der Waals surface area contributed by atoms with E-state index in [1.54, 1.807) is 6.07 Å². The molecule has 58 valence electrons. The smallest absolute Gasteiger partial charge is 0.423 e. The molecule has 1 rings (SSSR count). The molecule has 11 heavy (non-hydrogen) atoms. The Labute approximate surface area is 79.5 Å². The predicted octanol–water partition coefficient (Wildman–Crippen LogP) is 0.279. The summed E-state index contributed by atoms with van der Waals surface area (Å²) in [5.41, 5.74) is 1.69. The molecule has 0 unspecified atom stereocenters. The molecule has 0 saturated carbocycles. The molecule has 0 bridgehead atoms. The van der Waals surface area contributed by atoms with Gasteiger partial charge in [0.25, 0.3) is 0 Å². The van der Waals surface area contributed by atoms with E-state index in [1.807, 2.05) is 19.1 Å². The highest BCUT2D eigenvalue weighted by Crippen LogP contribution is 2.04. The topological polar surface area (TPSA) is 40.5 Å². The maximum absolute atomic E-state index is 8.85. The normalized spacial score (nSPS) is 9.82. The van der Waals surface area contributed by atoms with Crippen LogP contribution in [-0.4, -0.2) is 17.2 Å². The second kappa shape index (κ2) is 3.56. The summed E-state index contributed by atoms with van der Waals surface area (Å²) in [5, 5.41) is 17.7. The van der Waals surface area contributed by atoms with Gasteiger partial charge in [0.1, 0.15) is 0 Å². The Kier molecular flexibility index (Phi) is 2.92. The lowest BCUT2D eigenvalue weighted by Gasteiger charge is -2.02. The van der Waals surface area contributed by atoms with Crippen molar-refractivity contribution < 1.29 is 10.0 Å².